The van der Waals surface area contributed by atoms with Gasteiger partial charge in [-0.25, -0.2) is 9.37 Å². The van der Waals surface area contributed by atoms with Crippen molar-refractivity contribution in [3.63, 3.8) is 0 Å². The first-order chi connectivity index (χ1) is 13.4. The molecule has 6 nitrogen and oxygen atoms in total. The lowest BCUT2D eigenvalue weighted by Gasteiger charge is -2.10. The average Bonchev–Trinajstić information content (AvgIpc) is 2.63. The molecule has 3 aromatic rings. The molecule has 2 aromatic carbocycles. The quantitative estimate of drug-likeness (QED) is 0.575. The molecule has 28 heavy (non-hydrogen) atoms. The summed E-state index contributed by atoms with van der Waals surface area (Å²) >= 11 is 5.90. The largest absolute Gasteiger partial charge is 0.340 e. The van der Waals surface area contributed by atoms with Crippen LogP contribution in [0, 0.1) is 5.82 Å². The summed E-state index contributed by atoms with van der Waals surface area (Å²) in [6.07, 6.45) is 1.44. The van der Waals surface area contributed by atoms with Crippen LogP contribution in [0.3, 0.4) is 0 Å². The monoisotopic (exact) mass is 398 g/mol. The molecule has 0 aliphatic heterocycles. The Morgan fingerprint density at radius 3 is 2.39 bits per heavy atom. The van der Waals surface area contributed by atoms with Crippen molar-refractivity contribution in [2.45, 2.75) is 6.92 Å². The Morgan fingerprint density at radius 2 is 1.71 bits per heavy atom. The molecule has 0 fully saturated rings. The number of hydrogen-bond donors (Lipinski definition) is 3. The Bertz CT molecular complexity index is 1000. The predicted molar refractivity (Wildman–Crippen MR) is 108 cm³/mol. The standard InChI is InChI=1S/C20H16ClFN4O2/c1-12(27)24-13-4-2-5-14(10-13)25-18-9-8-15(11-23-18)26-20(28)19-16(21)6-3-7-17(19)22/h2-11H,1H3,(H,23,25)(H,24,27)(H,26,28). The van der Waals surface area contributed by atoms with Crippen molar-refractivity contribution < 1.29 is 14.0 Å². The van der Waals surface area contributed by atoms with Gasteiger partial charge in [-0.3, -0.25) is 9.59 Å². The number of nitrogens with one attached hydrogen (secondary N) is 3. The number of carbonyl (C=O) groups is 2. The number of nitrogens with zero attached hydrogens (tertiary/aromatic N) is 1. The third-order valence-corrected chi connectivity index (χ3v) is 3.98. The first-order valence-electron chi connectivity index (χ1n) is 8.28. The Morgan fingerprint density at radius 1 is 0.964 bits per heavy atom. The number of amides is 2. The van der Waals surface area contributed by atoms with Crippen molar-refractivity contribution in [1.29, 1.82) is 0 Å². The van der Waals surface area contributed by atoms with E-state index >= 15 is 0 Å². The summed E-state index contributed by atoms with van der Waals surface area (Å²) in [5, 5.41) is 8.38. The maximum Gasteiger partial charge on any atom is 0.260 e. The molecule has 8 heteroatoms. The van der Waals surface area contributed by atoms with Crippen LogP contribution >= 0.6 is 11.6 Å². The number of hydrogen-bond acceptors (Lipinski definition) is 4. The molecule has 0 saturated heterocycles. The molecule has 0 aliphatic carbocycles. The number of halogens is 2. The number of anilines is 4. The lowest BCUT2D eigenvalue weighted by Crippen LogP contribution is -2.14. The second-order valence-corrected chi connectivity index (χ2v) is 6.28. The zero-order valence-corrected chi connectivity index (χ0v) is 15.5. The van der Waals surface area contributed by atoms with Gasteiger partial charge in [-0.05, 0) is 42.5 Å². The predicted octanol–water partition coefficient (Wildman–Crippen LogP) is 4.83. The van der Waals surface area contributed by atoms with Gasteiger partial charge in [-0.2, -0.15) is 0 Å². The van der Waals surface area contributed by atoms with Crippen molar-refractivity contribution >= 4 is 46.3 Å². The summed E-state index contributed by atoms with van der Waals surface area (Å²) in [6, 6.07) is 14.5. The molecule has 0 spiro atoms. The smallest absolute Gasteiger partial charge is 0.260 e. The van der Waals surface area contributed by atoms with E-state index in [1.807, 2.05) is 6.07 Å². The minimum Gasteiger partial charge on any atom is -0.340 e. The molecule has 3 rings (SSSR count). The average molecular weight is 399 g/mol. The summed E-state index contributed by atoms with van der Waals surface area (Å²) in [5.74, 6) is -0.990. The van der Waals surface area contributed by atoms with E-state index in [0.717, 1.165) is 5.69 Å². The third-order valence-electron chi connectivity index (χ3n) is 3.67. The van der Waals surface area contributed by atoms with E-state index in [-0.39, 0.29) is 16.5 Å². The van der Waals surface area contributed by atoms with E-state index in [2.05, 4.69) is 20.9 Å². The fourth-order valence-electron chi connectivity index (χ4n) is 2.48. The topological polar surface area (TPSA) is 83.1 Å². The molecule has 0 radical (unpaired) electrons. The van der Waals surface area contributed by atoms with Crippen LogP contribution in [0.5, 0.6) is 0 Å². The van der Waals surface area contributed by atoms with Gasteiger partial charge in [0.1, 0.15) is 11.6 Å². The van der Waals surface area contributed by atoms with Crippen LogP contribution < -0.4 is 16.0 Å². The number of carbonyl (C=O) groups excluding carboxylic acids is 2. The SMILES string of the molecule is CC(=O)Nc1cccc(Nc2ccc(NC(=O)c3c(F)cccc3Cl)cn2)c1. The molecule has 0 bridgehead atoms. The highest BCUT2D eigenvalue weighted by Crippen LogP contribution is 2.22. The van der Waals surface area contributed by atoms with Crippen LogP contribution in [-0.4, -0.2) is 16.8 Å². The summed E-state index contributed by atoms with van der Waals surface area (Å²) in [4.78, 5) is 27.6. The van der Waals surface area contributed by atoms with Gasteiger partial charge in [0.2, 0.25) is 5.91 Å². The van der Waals surface area contributed by atoms with Crippen LogP contribution in [0.2, 0.25) is 5.02 Å². The Balaban J connectivity index is 1.69. The van der Waals surface area contributed by atoms with Crippen molar-refractivity contribution in [3.05, 3.63) is 77.2 Å². The van der Waals surface area contributed by atoms with E-state index in [1.54, 1.807) is 30.3 Å². The second-order valence-electron chi connectivity index (χ2n) is 5.87. The maximum absolute atomic E-state index is 13.8. The molecule has 0 atom stereocenters. The van der Waals surface area contributed by atoms with Crippen LogP contribution in [-0.2, 0) is 4.79 Å². The van der Waals surface area contributed by atoms with Crippen molar-refractivity contribution in [1.82, 2.24) is 4.98 Å². The molecule has 0 aliphatic rings. The zero-order chi connectivity index (χ0) is 20.1. The highest BCUT2D eigenvalue weighted by molar-refractivity contribution is 6.34. The fraction of sp³-hybridized carbons (Fsp3) is 0.0500. The van der Waals surface area contributed by atoms with E-state index in [4.69, 9.17) is 11.6 Å². The van der Waals surface area contributed by atoms with Crippen LogP contribution in [0.4, 0.5) is 27.3 Å². The van der Waals surface area contributed by atoms with Gasteiger partial charge in [-0.1, -0.05) is 23.7 Å². The van der Waals surface area contributed by atoms with E-state index < -0.39 is 11.7 Å². The number of rotatable bonds is 5. The van der Waals surface area contributed by atoms with E-state index in [1.165, 1.54) is 31.3 Å². The third kappa shape index (κ3) is 4.83. The van der Waals surface area contributed by atoms with Crippen molar-refractivity contribution in [2.75, 3.05) is 16.0 Å². The normalized spacial score (nSPS) is 10.2. The summed E-state index contributed by atoms with van der Waals surface area (Å²) in [6.45, 7) is 1.43. The van der Waals surface area contributed by atoms with Gasteiger partial charge in [0.05, 0.1) is 22.5 Å². The Hall–Kier alpha value is -3.45. The van der Waals surface area contributed by atoms with Crippen LogP contribution in [0.15, 0.2) is 60.8 Å². The lowest BCUT2D eigenvalue weighted by atomic mass is 10.2. The molecule has 3 N–H and O–H groups in total. The van der Waals surface area contributed by atoms with Crippen molar-refractivity contribution in [2.24, 2.45) is 0 Å². The number of pyridine rings is 1. The summed E-state index contributed by atoms with van der Waals surface area (Å²) < 4.78 is 13.8. The van der Waals surface area contributed by atoms with Crippen LogP contribution in [0.25, 0.3) is 0 Å². The van der Waals surface area contributed by atoms with Gasteiger partial charge in [0.25, 0.3) is 5.91 Å². The molecular weight excluding hydrogens is 383 g/mol. The molecule has 1 heterocycles. The lowest BCUT2D eigenvalue weighted by molar-refractivity contribution is -0.114. The Kier molecular flexibility index (Phi) is 5.86. The van der Waals surface area contributed by atoms with Gasteiger partial charge in [-0.15, -0.1) is 0 Å². The van der Waals surface area contributed by atoms with Gasteiger partial charge < -0.3 is 16.0 Å². The number of aromatic nitrogens is 1. The maximum atomic E-state index is 13.8. The highest BCUT2D eigenvalue weighted by atomic mass is 35.5. The molecule has 142 valence electrons. The first kappa shape index (κ1) is 19.3. The van der Waals surface area contributed by atoms with Crippen LogP contribution in [0.1, 0.15) is 17.3 Å². The second kappa shape index (κ2) is 8.49. The molecular formula is C20H16ClFN4O2. The van der Waals surface area contributed by atoms with E-state index in [9.17, 15) is 14.0 Å². The minimum absolute atomic E-state index is 0.0304. The van der Waals surface area contributed by atoms with E-state index in [0.29, 0.717) is 17.2 Å². The van der Waals surface area contributed by atoms with Gasteiger partial charge >= 0.3 is 0 Å². The molecule has 0 saturated carbocycles. The summed E-state index contributed by atoms with van der Waals surface area (Å²) in [7, 11) is 0. The minimum atomic E-state index is -0.699. The van der Waals surface area contributed by atoms with Gasteiger partial charge in [0.15, 0.2) is 0 Å². The molecule has 2 amide bonds. The Labute approximate surface area is 165 Å². The fourth-order valence-corrected chi connectivity index (χ4v) is 2.72. The van der Waals surface area contributed by atoms with Gasteiger partial charge in [0, 0.05) is 18.3 Å². The zero-order valence-electron chi connectivity index (χ0n) is 14.8. The number of benzene rings is 2. The molecule has 0 unspecified atom stereocenters. The molecule has 1 aromatic heterocycles. The highest BCUT2D eigenvalue weighted by Gasteiger charge is 2.15. The van der Waals surface area contributed by atoms with Crippen molar-refractivity contribution in [3.8, 4) is 0 Å². The summed E-state index contributed by atoms with van der Waals surface area (Å²) in [5.41, 5.74) is 1.56. The first-order valence-corrected chi connectivity index (χ1v) is 8.66.